The van der Waals surface area contributed by atoms with Crippen LogP contribution in [0.15, 0.2) is 6.20 Å². The van der Waals surface area contributed by atoms with E-state index in [2.05, 4.69) is 15.3 Å². The molecule has 2 heterocycles. The summed E-state index contributed by atoms with van der Waals surface area (Å²) in [6, 6.07) is 0. The van der Waals surface area contributed by atoms with Gasteiger partial charge in [0.25, 0.3) is 5.91 Å². The van der Waals surface area contributed by atoms with E-state index in [-0.39, 0.29) is 0 Å². The van der Waals surface area contributed by atoms with Crippen LogP contribution >= 0.6 is 11.3 Å². The smallest absolute Gasteiger partial charge is 0.267 e. The molecular formula is C8H9N5OS. The van der Waals surface area contributed by atoms with E-state index < -0.39 is 5.91 Å². The van der Waals surface area contributed by atoms with E-state index in [1.807, 2.05) is 6.92 Å². The second kappa shape index (κ2) is 3.43. The van der Waals surface area contributed by atoms with Gasteiger partial charge in [-0.25, -0.2) is 0 Å². The predicted molar refractivity (Wildman–Crippen MR) is 55.4 cm³/mol. The summed E-state index contributed by atoms with van der Waals surface area (Å²) in [5.74, 6) is -0.516. The molecule has 7 heteroatoms. The van der Waals surface area contributed by atoms with Crippen molar-refractivity contribution in [1.29, 1.82) is 0 Å². The molecule has 2 rings (SSSR count). The Bertz CT molecular complexity index is 515. The Balaban J connectivity index is 2.58. The maximum atomic E-state index is 11.2. The summed E-state index contributed by atoms with van der Waals surface area (Å²) in [6.07, 6.45) is 1.57. The van der Waals surface area contributed by atoms with Crippen LogP contribution in [0.25, 0.3) is 10.6 Å². The summed E-state index contributed by atoms with van der Waals surface area (Å²) in [5, 5.41) is 13.3. The molecule has 2 aromatic rings. The second-order valence-electron chi connectivity index (χ2n) is 3.02. The number of hydrogen-bond donors (Lipinski definition) is 1. The van der Waals surface area contributed by atoms with Crippen molar-refractivity contribution in [3.63, 3.8) is 0 Å². The zero-order valence-electron chi connectivity index (χ0n) is 8.26. The lowest BCUT2D eigenvalue weighted by Gasteiger charge is -1.97. The van der Waals surface area contributed by atoms with Crippen molar-refractivity contribution >= 4 is 17.2 Å². The molecule has 0 spiro atoms. The van der Waals surface area contributed by atoms with Gasteiger partial charge in [-0.15, -0.1) is 10.2 Å². The highest BCUT2D eigenvalue weighted by molar-refractivity contribution is 7.14. The molecular weight excluding hydrogens is 214 g/mol. The van der Waals surface area contributed by atoms with Gasteiger partial charge >= 0.3 is 0 Å². The number of amides is 1. The highest BCUT2D eigenvalue weighted by atomic mass is 32.1. The van der Waals surface area contributed by atoms with Gasteiger partial charge in [0.05, 0.1) is 11.8 Å². The molecule has 0 fully saturated rings. The molecule has 78 valence electrons. The number of aryl methyl sites for hydroxylation is 2. The Hall–Kier alpha value is -1.76. The Morgan fingerprint density at radius 3 is 2.80 bits per heavy atom. The number of aromatic nitrogens is 4. The van der Waals surface area contributed by atoms with E-state index >= 15 is 0 Å². The van der Waals surface area contributed by atoms with Crippen molar-refractivity contribution < 1.29 is 4.79 Å². The van der Waals surface area contributed by atoms with Crippen molar-refractivity contribution in [2.75, 3.05) is 0 Å². The number of carbonyl (C=O) groups is 1. The summed E-state index contributed by atoms with van der Waals surface area (Å²) in [6.45, 7) is 1.85. The van der Waals surface area contributed by atoms with Gasteiger partial charge in [0.2, 0.25) is 0 Å². The third kappa shape index (κ3) is 1.61. The summed E-state index contributed by atoms with van der Waals surface area (Å²) >= 11 is 1.40. The van der Waals surface area contributed by atoms with Crippen molar-refractivity contribution in [1.82, 2.24) is 20.0 Å². The number of nitrogens with two attached hydrogens (primary N) is 1. The van der Waals surface area contributed by atoms with Gasteiger partial charge in [0.15, 0.2) is 5.01 Å². The minimum Gasteiger partial charge on any atom is -0.364 e. The number of carbonyl (C=O) groups excluding carboxylic acids is 1. The molecule has 0 aliphatic heterocycles. The zero-order valence-corrected chi connectivity index (χ0v) is 9.08. The largest absolute Gasteiger partial charge is 0.364 e. The third-order valence-corrected chi connectivity index (χ3v) is 2.80. The van der Waals surface area contributed by atoms with Crippen LogP contribution in [0, 0.1) is 6.92 Å². The topological polar surface area (TPSA) is 86.7 Å². The minimum absolute atomic E-state index is 0.353. The molecule has 6 nitrogen and oxygen atoms in total. The number of primary amides is 1. The first-order chi connectivity index (χ1) is 7.09. The van der Waals surface area contributed by atoms with Gasteiger partial charge in [0, 0.05) is 7.05 Å². The van der Waals surface area contributed by atoms with Crippen LogP contribution in [0.4, 0.5) is 0 Å². The molecule has 2 N–H and O–H groups in total. The van der Waals surface area contributed by atoms with E-state index in [0.717, 1.165) is 5.01 Å². The molecule has 0 saturated heterocycles. The Morgan fingerprint density at radius 2 is 2.27 bits per heavy atom. The SMILES string of the molecule is Cc1nnc(-c2cnn(C)c2C(N)=O)s1. The molecule has 0 bridgehead atoms. The molecule has 0 saturated carbocycles. The minimum atomic E-state index is -0.516. The van der Waals surface area contributed by atoms with E-state index in [4.69, 9.17) is 5.73 Å². The Morgan fingerprint density at radius 1 is 1.53 bits per heavy atom. The van der Waals surface area contributed by atoms with Gasteiger partial charge in [-0.3, -0.25) is 9.48 Å². The fourth-order valence-electron chi connectivity index (χ4n) is 1.29. The van der Waals surface area contributed by atoms with Gasteiger partial charge in [0.1, 0.15) is 10.7 Å². The first-order valence-electron chi connectivity index (χ1n) is 4.22. The van der Waals surface area contributed by atoms with Crippen molar-refractivity contribution in [3.05, 3.63) is 16.9 Å². The number of nitrogens with zero attached hydrogens (tertiary/aromatic N) is 4. The third-order valence-electron chi connectivity index (χ3n) is 1.93. The lowest BCUT2D eigenvalue weighted by molar-refractivity contribution is 0.0992. The molecule has 0 aliphatic carbocycles. The number of rotatable bonds is 2. The van der Waals surface area contributed by atoms with Gasteiger partial charge < -0.3 is 5.73 Å². The van der Waals surface area contributed by atoms with Crippen LogP contribution in [-0.2, 0) is 7.05 Å². The average Bonchev–Trinajstić information content (AvgIpc) is 2.71. The molecule has 0 atom stereocenters. The first kappa shape index (κ1) is 9.78. The van der Waals surface area contributed by atoms with Gasteiger partial charge in [-0.05, 0) is 6.92 Å². The highest BCUT2D eigenvalue weighted by Crippen LogP contribution is 2.25. The maximum Gasteiger partial charge on any atom is 0.267 e. The molecule has 0 aromatic carbocycles. The molecule has 0 radical (unpaired) electrons. The van der Waals surface area contributed by atoms with Crippen LogP contribution in [0.3, 0.4) is 0 Å². The lowest BCUT2D eigenvalue weighted by Crippen LogP contribution is -2.16. The van der Waals surface area contributed by atoms with Crippen LogP contribution in [0.1, 0.15) is 15.5 Å². The quantitative estimate of drug-likeness (QED) is 0.795. The predicted octanol–water partition coefficient (Wildman–Crippen LogP) is 0.346. The summed E-state index contributed by atoms with van der Waals surface area (Å²) < 4.78 is 1.44. The van der Waals surface area contributed by atoms with Crippen molar-refractivity contribution in [3.8, 4) is 10.6 Å². The fraction of sp³-hybridized carbons (Fsp3) is 0.250. The first-order valence-corrected chi connectivity index (χ1v) is 5.03. The molecule has 15 heavy (non-hydrogen) atoms. The molecule has 1 amide bonds. The summed E-state index contributed by atoms with van der Waals surface area (Å²) in [4.78, 5) is 11.2. The molecule has 0 aliphatic rings. The van der Waals surface area contributed by atoms with Crippen LogP contribution in [0.2, 0.25) is 0 Å². The summed E-state index contributed by atoms with van der Waals surface area (Å²) in [5.41, 5.74) is 6.25. The normalized spacial score (nSPS) is 10.5. The lowest BCUT2D eigenvalue weighted by atomic mass is 10.2. The monoisotopic (exact) mass is 223 g/mol. The second-order valence-corrected chi connectivity index (χ2v) is 4.20. The molecule has 0 unspecified atom stereocenters. The van der Waals surface area contributed by atoms with E-state index in [9.17, 15) is 4.79 Å². The highest BCUT2D eigenvalue weighted by Gasteiger charge is 2.18. The van der Waals surface area contributed by atoms with Crippen LogP contribution < -0.4 is 5.73 Å². The standard InChI is InChI=1S/C8H9N5OS/c1-4-11-12-8(15-4)5-3-10-13(2)6(5)7(9)14/h3H,1-2H3,(H2,9,14). The van der Waals surface area contributed by atoms with Crippen molar-refractivity contribution in [2.24, 2.45) is 12.8 Å². The fourth-order valence-corrected chi connectivity index (χ4v) is 1.99. The molecule has 2 aromatic heterocycles. The summed E-state index contributed by atoms with van der Waals surface area (Å²) in [7, 11) is 1.66. The van der Waals surface area contributed by atoms with E-state index in [1.54, 1.807) is 13.2 Å². The average molecular weight is 223 g/mol. The van der Waals surface area contributed by atoms with Gasteiger partial charge in [-0.2, -0.15) is 5.10 Å². The van der Waals surface area contributed by atoms with E-state index in [1.165, 1.54) is 16.0 Å². The Labute approximate surface area is 89.7 Å². The van der Waals surface area contributed by atoms with Crippen LogP contribution in [0.5, 0.6) is 0 Å². The Kier molecular flexibility index (Phi) is 2.24. The van der Waals surface area contributed by atoms with Crippen LogP contribution in [-0.4, -0.2) is 25.9 Å². The zero-order chi connectivity index (χ0) is 11.0. The van der Waals surface area contributed by atoms with E-state index in [0.29, 0.717) is 16.3 Å². The van der Waals surface area contributed by atoms with Gasteiger partial charge in [-0.1, -0.05) is 11.3 Å². The van der Waals surface area contributed by atoms with Crippen molar-refractivity contribution in [2.45, 2.75) is 6.92 Å². The number of hydrogen-bond acceptors (Lipinski definition) is 5. The maximum absolute atomic E-state index is 11.2.